The summed E-state index contributed by atoms with van der Waals surface area (Å²) in [5, 5.41) is 2.44. The maximum atomic E-state index is 6.76. The van der Waals surface area contributed by atoms with Crippen molar-refractivity contribution in [3.8, 4) is 0 Å². The number of halogens is 1. The van der Waals surface area contributed by atoms with Crippen molar-refractivity contribution >= 4 is 40.6 Å². The Morgan fingerprint density at radius 2 is 1.10 bits per heavy atom. The minimum Gasteiger partial charge on any atom is -0.296 e. The van der Waals surface area contributed by atoms with E-state index in [1.165, 1.54) is 21.8 Å². The largest absolute Gasteiger partial charge is 0.296 e. The predicted octanol–water partition coefficient (Wildman–Crippen LogP) is 5.46. The van der Waals surface area contributed by atoms with Crippen molar-refractivity contribution in [2.45, 2.75) is 0 Å². The van der Waals surface area contributed by atoms with Gasteiger partial charge in [-0.2, -0.15) is 0 Å². The van der Waals surface area contributed by atoms with Gasteiger partial charge < -0.3 is 0 Å². The van der Waals surface area contributed by atoms with E-state index in [1.807, 2.05) is 24.3 Å². The molecular formula is C16H12ClN2P. The summed E-state index contributed by atoms with van der Waals surface area (Å²) in [5.41, 5.74) is 2.35. The SMILES string of the molecule is ClP(n1ccc2ccccc21)n1ccc2ccccc21. The summed E-state index contributed by atoms with van der Waals surface area (Å²) >= 11 is 6.76. The first-order valence-electron chi connectivity index (χ1n) is 6.43. The zero-order valence-electron chi connectivity index (χ0n) is 10.6. The van der Waals surface area contributed by atoms with E-state index in [2.05, 4.69) is 57.5 Å². The summed E-state index contributed by atoms with van der Waals surface area (Å²) in [4.78, 5) is 0. The van der Waals surface area contributed by atoms with Gasteiger partial charge in [0.25, 0.3) is 0 Å². The summed E-state index contributed by atoms with van der Waals surface area (Å²) < 4.78 is 4.30. The van der Waals surface area contributed by atoms with Gasteiger partial charge in [-0.3, -0.25) is 8.68 Å². The number of rotatable bonds is 2. The van der Waals surface area contributed by atoms with E-state index in [9.17, 15) is 0 Å². The Balaban J connectivity index is 1.90. The van der Waals surface area contributed by atoms with Crippen molar-refractivity contribution in [1.82, 2.24) is 8.68 Å². The normalized spacial score (nSPS) is 11.7. The lowest BCUT2D eigenvalue weighted by atomic mass is 10.3. The summed E-state index contributed by atoms with van der Waals surface area (Å²) in [6.07, 6.45) is 4.14. The molecule has 4 heteroatoms. The topological polar surface area (TPSA) is 9.86 Å². The monoisotopic (exact) mass is 298 g/mol. The second-order valence-corrected chi connectivity index (χ2v) is 6.93. The molecule has 0 radical (unpaired) electrons. The van der Waals surface area contributed by atoms with Gasteiger partial charge in [0.2, 0.25) is 7.58 Å². The average Bonchev–Trinajstić information content (AvgIpc) is 3.11. The molecule has 0 bridgehead atoms. The molecule has 98 valence electrons. The van der Waals surface area contributed by atoms with E-state index in [1.54, 1.807) is 0 Å². The van der Waals surface area contributed by atoms with Gasteiger partial charge in [0.15, 0.2) is 0 Å². The van der Waals surface area contributed by atoms with Crippen LogP contribution >= 0.6 is 18.8 Å². The number of fused-ring (bicyclic) bond motifs is 2. The van der Waals surface area contributed by atoms with Gasteiger partial charge in [0, 0.05) is 12.4 Å². The van der Waals surface area contributed by atoms with Crippen molar-refractivity contribution in [1.29, 1.82) is 0 Å². The number of hydrogen-bond donors (Lipinski definition) is 0. The van der Waals surface area contributed by atoms with Gasteiger partial charge in [0.1, 0.15) is 0 Å². The van der Waals surface area contributed by atoms with Crippen LogP contribution in [0.1, 0.15) is 0 Å². The molecule has 4 rings (SSSR count). The molecule has 0 aliphatic heterocycles. The lowest BCUT2D eigenvalue weighted by molar-refractivity contribution is 1.22. The fourth-order valence-corrected chi connectivity index (χ4v) is 4.60. The van der Waals surface area contributed by atoms with Crippen LogP contribution in [0.15, 0.2) is 73.1 Å². The molecule has 20 heavy (non-hydrogen) atoms. The van der Waals surface area contributed by atoms with Crippen molar-refractivity contribution < 1.29 is 0 Å². The third-order valence-electron chi connectivity index (χ3n) is 3.51. The van der Waals surface area contributed by atoms with Gasteiger partial charge in [0.05, 0.1) is 11.0 Å². The molecule has 0 amide bonds. The van der Waals surface area contributed by atoms with Crippen molar-refractivity contribution in [2.75, 3.05) is 0 Å². The first-order chi connectivity index (χ1) is 9.84. The molecule has 0 atom stereocenters. The second-order valence-electron chi connectivity index (χ2n) is 4.68. The molecule has 0 saturated heterocycles. The third kappa shape index (κ3) is 1.76. The molecule has 2 aromatic carbocycles. The van der Waals surface area contributed by atoms with Gasteiger partial charge >= 0.3 is 0 Å². The van der Waals surface area contributed by atoms with E-state index >= 15 is 0 Å². The molecule has 2 nitrogen and oxygen atoms in total. The lowest BCUT2D eigenvalue weighted by Gasteiger charge is -2.15. The van der Waals surface area contributed by atoms with Crippen LogP contribution in [-0.2, 0) is 0 Å². The highest BCUT2D eigenvalue weighted by molar-refractivity contribution is 7.81. The van der Waals surface area contributed by atoms with Crippen molar-refractivity contribution in [2.24, 2.45) is 0 Å². The number of para-hydroxylation sites is 2. The first-order valence-corrected chi connectivity index (χ1v) is 8.58. The molecule has 4 aromatic rings. The first kappa shape index (κ1) is 12.0. The van der Waals surface area contributed by atoms with Crippen LogP contribution < -0.4 is 0 Å². The number of nitrogens with zero attached hydrogens (tertiary/aromatic N) is 2. The van der Waals surface area contributed by atoms with E-state index in [-0.39, 0.29) is 0 Å². The summed E-state index contributed by atoms with van der Waals surface area (Å²) in [5.74, 6) is 0. The van der Waals surface area contributed by atoms with Crippen molar-refractivity contribution in [3.05, 3.63) is 73.1 Å². The Kier molecular flexibility index (Phi) is 2.80. The van der Waals surface area contributed by atoms with Gasteiger partial charge in [-0.25, -0.2) is 0 Å². The Bertz CT molecular complexity index is 819. The average molecular weight is 299 g/mol. The molecule has 0 N–H and O–H groups in total. The number of hydrogen-bond acceptors (Lipinski definition) is 0. The maximum Gasteiger partial charge on any atom is 0.206 e. The fraction of sp³-hybridized carbons (Fsp3) is 0. The standard InChI is InChI=1S/C16H12ClN2P/c17-20(18-11-9-13-5-1-3-7-15(13)18)19-12-10-14-6-2-4-8-16(14)19/h1-12H. The van der Waals surface area contributed by atoms with Crippen LogP contribution in [0.5, 0.6) is 0 Å². The Labute approximate surface area is 122 Å². The lowest BCUT2D eigenvalue weighted by Crippen LogP contribution is -1.94. The second kappa shape index (κ2) is 4.66. The molecule has 0 aliphatic rings. The van der Waals surface area contributed by atoms with E-state index < -0.39 is 7.58 Å². The van der Waals surface area contributed by atoms with Crippen LogP contribution in [0.3, 0.4) is 0 Å². The van der Waals surface area contributed by atoms with Gasteiger partial charge in [-0.1, -0.05) is 36.4 Å². The third-order valence-corrected chi connectivity index (χ3v) is 5.90. The van der Waals surface area contributed by atoms with E-state index in [0.717, 1.165) is 0 Å². The summed E-state index contributed by atoms with van der Waals surface area (Å²) in [7, 11) is -0.991. The zero-order valence-corrected chi connectivity index (χ0v) is 12.3. The Morgan fingerprint density at radius 1 is 0.650 bits per heavy atom. The Hall–Kier alpha value is -1.76. The van der Waals surface area contributed by atoms with Crippen LogP contribution in [0.2, 0.25) is 0 Å². The maximum absolute atomic E-state index is 6.76. The highest BCUT2D eigenvalue weighted by Crippen LogP contribution is 2.48. The molecule has 2 aromatic heterocycles. The molecular weight excluding hydrogens is 287 g/mol. The van der Waals surface area contributed by atoms with Crippen LogP contribution in [-0.4, -0.2) is 8.68 Å². The van der Waals surface area contributed by atoms with Crippen LogP contribution in [0, 0.1) is 0 Å². The summed E-state index contributed by atoms with van der Waals surface area (Å²) in [6, 6.07) is 20.9. The zero-order chi connectivity index (χ0) is 13.5. The smallest absolute Gasteiger partial charge is 0.206 e. The molecule has 0 unspecified atom stereocenters. The molecule has 0 saturated carbocycles. The van der Waals surface area contributed by atoms with Crippen LogP contribution in [0.4, 0.5) is 0 Å². The molecule has 0 fully saturated rings. The minimum atomic E-state index is -0.991. The quantitative estimate of drug-likeness (QED) is 0.435. The highest BCUT2D eigenvalue weighted by atomic mass is 35.7. The molecule has 0 aliphatic carbocycles. The van der Waals surface area contributed by atoms with Gasteiger partial charge in [-0.15, -0.1) is 0 Å². The highest BCUT2D eigenvalue weighted by Gasteiger charge is 2.14. The van der Waals surface area contributed by atoms with Gasteiger partial charge in [-0.05, 0) is 46.3 Å². The predicted molar refractivity (Wildman–Crippen MR) is 87.4 cm³/mol. The van der Waals surface area contributed by atoms with Crippen molar-refractivity contribution in [3.63, 3.8) is 0 Å². The molecule has 2 heterocycles. The molecule has 0 spiro atoms. The Morgan fingerprint density at radius 3 is 1.60 bits per heavy atom. The van der Waals surface area contributed by atoms with E-state index in [4.69, 9.17) is 11.2 Å². The minimum absolute atomic E-state index is 0.991. The van der Waals surface area contributed by atoms with Crippen LogP contribution in [0.25, 0.3) is 21.8 Å². The number of benzene rings is 2. The summed E-state index contributed by atoms with van der Waals surface area (Å²) in [6.45, 7) is 0. The van der Waals surface area contributed by atoms with E-state index in [0.29, 0.717) is 0 Å². The fourth-order valence-electron chi connectivity index (χ4n) is 2.53. The number of aromatic nitrogens is 2.